The van der Waals surface area contributed by atoms with Gasteiger partial charge in [-0.05, 0) is 13.2 Å². The minimum absolute atomic E-state index is 0.179. The van der Waals surface area contributed by atoms with Crippen molar-refractivity contribution in [3.63, 3.8) is 0 Å². The van der Waals surface area contributed by atoms with Gasteiger partial charge in [-0.2, -0.15) is 0 Å². The van der Waals surface area contributed by atoms with Crippen molar-refractivity contribution < 1.29 is 5.02 Å². The third-order valence-electron chi connectivity index (χ3n) is 2.24. The average molecular weight is 157 g/mol. The third-order valence-corrected chi connectivity index (χ3v) is 2.24. The topological polar surface area (TPSA) is 75.5 Å². The van der Waals surface area contributed by atoms with Crippen molar-refractivity contribution in [2.24, 2.45) is 11.5 Å². The molecule has 1 aliphatic rings. The van der Waals surface area contributed by atoms with Gasteiger partial charge in [0.15, 0.2) is 0 Å². The first-order valence-corrected chi connectivity index (χ1v) is 4.04. The number of nitrogens with zero attached hydrogens (tertiary/aromatic N) is 1. The second-order valence-electron chi connectivity index (χ2n) is 3.21. The van der Waals surface area contributed by atoms with E-state index in [9.17, 15) is 5.02 Å². The molecule has 1 saturated heterocycles. The number of hydrogen-bond acceptors (Lipinski definition) is 4. The Morgan fingerprint density at radius 2 is 2.36 bits per heavy atom. The van der Waals surface area contributed by atoms with Gasteiger partial charge in [0.05, 0.1) is 0 Å². The summed E-state index contributed by atoms with van der Waals surface area (Å²) in [5.74, 6) is 0. The molecule has 11 heavy (non-hydrogen) atoms. The monoisotopic (exact) mass is 157 g/mol. The van der Waals surface area contributed by atoms with Crippen molar-refractivity contribution in [3.05, 3.63) is 0 Å². The lowest BCUT2D eigenvalue weighted by molar-refractivity contribution is 0.349. The molecule has 0 amide bonds. The van der Waals surface area contributed by atoms with Gasteiger partial charge in [-0.3, -0.25) is 0 Å². The minimum atomic E-state index is -0.419. The fourth-order valence-electron chi connectivity index (χ4n) is 1.67. The van der Waals surface area contributed by atoms with Crippen molar-refractivity contribution in [2.75, 3.05) is 13.1 Å². The Morgan fingerprint density at radius 3 is 2.73 bits per heavy atom. The third kappa shape index (κ3) is 1.93. The van der Waals surface area contributed by atoms with Crippen molar-refractivity contribution in [3.8, 4) is 0 Å². The highest BCUT2D eigenvalue weighted by molar-refractivity contribution is 6.45. The summed E-state index contributed by atoms with van der Waals surface area (Å²) in [6, 6.07) is 0.447. The Morgan fingerprint density at radius 1 is 1.73 bits per heavy atom. The van der Waals surface area contributed by atoms with Gasteiger partial charge >= 0.3 is 7.05 Å². The van der Waals surface area contributed by atoms with Gasteiger partial charge in [-0.1, -0.05) is 0 Å². The Hall–Kier alpha value is -0.0951. The van der Waals surface area contributed by atoms with Crippen LogP contribution in [0.4, 0.5) is 0 Å². The fourth-order valence-corrected chi connectivity index (χ4v) is 1.67. The molecule has 0 unspecified atom stereocenters. The quantitative estimate of drug-likeness (QED) is 0.424. The van der Waals surface area contributed by atoms with Crippen LogP contribution in [0.1, 0.15) is 6.42 Å². The van der Waals surface area contributed by atoms with E-state index in [2.05, 4.69) is 0 Å². The van der Waals surface area contributed by atoms with E-state index < -0.39 is 7.05 Å². The van der Waals surface area contributed by atoms with Gasteiger partial charge in [-0.25, -0.2) is 0 Å². The van der Waals surface area contributed by atoms with Crippen molar-refractivity contribution in [2.45, 2.75) is 25.3 Å². The van der Waals surface area contributed by atoms with Gasteiger partial charge < -0.3 is 21.3 Å². The van der Waals surface area contributed by atoms with Crippen LogP contribution in [0.25, 0.3) is 0 Å². The molecule has 5 heteroatoms. The summed E-state index contributed by atoms with van der Waals surface area (Å²) in [6.45, 7) is 3.10. The van der Waals surface area contributed by atoms with E-state index in [4.69, 9.17) is 11.5 Å². The Labute approximate surface area is 67.7 Å². The highest BCUT2D eigenvalue weighted by Gasteiger charge is 2.32. The van der Waals surface area contributed by atoms with Crippen molar-refractivity contribution >= 4 is 7.05 Å². The van der Waals surface area contributed by atoms with E-state index in [-0.39, 0.29) is 12.1 Å². The first-order chi connectivity index (χ1) is 5.15. The van der Waals surface area contributed by atoms with Crippen LogP contribution in [-0.2, 0) is 0 Å². The Kier molecular flexibility index (Phi) is 2.89. The minimum Gasteiger partial charge on any atom is -0.437 e. The van der Waals surface area contributed by atoms with E-state index in [1.807, 2.05) is 4.81 Å². The van der Waals surface area contributed by atoms with Crippen LogP contribution in [0.15, 0.2) is 0 Å². The molecular formula is C6H16BN3O. The molecule has 4 nitrogen and oxygen atoms in total. The second kappa shape index (κ2) is 3.54. The molecule has 1 rings (SSSR count). The first kappa shape index (κ1) is 9.00. The zero-order valence-corrected chi connectivity index (χ0v) is 6.90. The lowest BCUT2D eigenvalue weighted by Crippen LogP contribution is -2.44. The molecule has 64 valence electrons. The van der Waals surface area contributed by atoms with Crippen LogP contribution in [0, 0.1) is 0 Å². The maximum atomic E-state index is 9.29. The molecular weight excluding hydrogens is 141 g/mol. The van der Waals surface area contributed by atoms with Crippen LogP contribution in [0.3, 0.4) is 0 Å². The Bertz CT molecular complexity index is 133. The molecule has 1 heterocycles. The summed E-state index contributed by atoms with van der Waals surface area (Å²) in [4.78, 5) is 1.95. The van der Waals surface area contributed by atoms with Gasteiger partial charge in [0.1, 0.15) is 0 Å². The summed E-state index contributed by atoms with van der Waals surface area (Å²) >= 11 is 0. The molecule has 0 saturated carbocycles. The molecule has 0 aromatic carbocycles. The highest BCUT2D eigenvalue weighted by atomic mass is 16.2. The van der Waals surface area contributed by atoms with Crippen LogP contribution in [-0.4, -0.2) is 42.1 Å². The first-order valence-electron chi connectivity index (χ1n) is 4.04. The summed E-state index contributed by atoms with van der Waals surface area (Å²) in [5.41, 5.74) is 11.2. The molecule has 0 radical (unpaired) electrons. The van der Waals surface area contributed by atoms with Gasteiger partial charge in [0.2, 0.25) is 0 Å². The second-order valence-corrected chi connectivity index (χ2v) is 3.21. The van der Waals surface area contributed by atoms with Gasteiger partial charge in [0, 0.05) is 25.2 Å². The van der Waals surface area contributed by atoms with Gasteiger partial charge in [0.25, 0.3) is 0 Å². The molecule has 0 aromatic heterocycles. The van der Waals surface area contributed by atoms with E-state index in [1.165, 1.54) is 0 Å². The van der Waals surface area contributed by atoms with E-state index in [0.29, 0.717) is 6.54 Å². The highest BCUT2D eigenvalue weighted by Crippen LogP contribution is 2.15. The predicted molar refractivity (Wildman–Crippen MR) is 46.0 cm³/mol. The largest absolute Gasteiger partial charge is 0.437 e. The maximum Gasteiger partial charge on any atom is 0.376 e. The normalized spacial score (nSPS) is 32.7. The summed E-state index contributed by atoms with van der Waals surface area (Å²) in [5, 5.41) is 9.29. The van der Waals surface area contributed by atoms with Crippen LogP contribution in [0.5, 0.6) is 0 Å². The molecule has 5 N–H and O–H groups in total. The summed E-state index contributed by atoms with van der Waals surface area (Å²) in [6.07, 6.45) is 0.904. The summed E-state index contributed by atoms with van der Waals surface area (Å²) in [7, 11) is -0.419. The standard InChI is InChI=1S/C6H16BN3O/c1-7(11)10-4-5(9)2-6(10)3-8/h5-6,11H,2-4,8-9H2,1H3/t5-,6-/m1/s1. The zero-order chi connectivity index (χ0) is 8.43. The zero-order valence-electron chi connectivity index (χ0n) is 6.90. The van der Waals surface area contributed by atoms with E-state index in [0.717, 1.165) is 13.0 Å². The lowest BCUT2D eigenvalue weighted by Gasteiger charge is -2.23. The van der Waals surface area contributed by atoms with Crippen LogP contribution < -0.4 is 11.5 Å². The molecule has 1 aliphatic heterocycles. The number of nitrogens with two attached hydrogens (primary N) is 2. The molecule has 1 fully saturated rings. The number of hydrogen-bond donors (Lipinski definition) is 3. The van der Waals surface area contributed by atoms with Crippen LogP contribution in [0.2, 0.25) is 6.82 Å². The van der Waals surface area contributed by atoms with E-state index >= 15 is 0 Å². The molecule has 0 spiro atoms. The maximum absolute atomic E-state index is 9.29. The lowest BCUT2D eigenvalue weighted by atomic mass is 9.84. The van der Waals surface area contributed by atoms with Crippen molar-refractivity contribution in [1.82, 2.24) is 4.81 Å². The number of rotatable bonds is 2. The fraction of sp³-hybridized carbons (Fsp3) is 1.00. The van der Waals surface area contributed by atoms with Crippen molar-refractivity contribution in [1.29, 1.82) is 0 Å². The summed E-state index contributed by atoms with van der Waals surface area (Å²) < 4.78 is 0. The molecule has 2 atom stereocenters. The molecule has 0 aliphatic carbocycles. The predicted octanol–water partition coefficient (Wildman–Crippen LogP) is -1.54. The molecule has 0 bridgehead atoms. The van der Waals surface area contributed by atoms with Gasteiger partial charge in [-0.15, -0.1) is 0 Å². The SMILES string of the molecule is CB(O)N1C[C@H](N)C[C@@H]1CN. The average Bonchev–Trinajstić information content (AvgIpc) is 2.30. The smallest absolute Gasteiger partial charge is 0.376 e. The Balaban J connectivity index is 2.50. The molecule has 0 aromatic rings. The van der Waals surface area contributed by atoms with E-state index in [1.54, 1.807) is 6.82 Å². The van der Waals surface area contributed by atoms with Crippen LogP contribution >= 0.6 is 0 Å².